The molecule has 0 radical (unpaired) electrons. The first kappa shape index (κ1) is 13.8. The molecule has 5 nitrogen and oxygen atoms in total. The number of hydrazine groups is 1. The Kier molecular flexibility index (Phi) is 6.12. The molecule has 1 heterocycles. The van der Waals surface area contributed by atoms with Crippen molar-refractivity contribution in [3.8, 4) is 0 Å². The Hall–Kier alpha value is -0.300. The molecule has 1 aliphatic heterocycles. The second-order valence-electron chi connectivity index (χ2n) is 4.21. The van der Waals surface area contributed by atoms with Crippen LogP contribution < -0.4 is 11.3 Å². The molecule has 16 heavy (non-hydrogen) atoms. The second-order valence-corrected chi connectivity index (χ2v) is 5.36. The number of hydrogen-bond acceptors (Lipinski definition) is 5. The van der Waals surface area contributed by atoms with E-state index in [0.717, 1.165) is 30.9 Å². The van der Waals surface area contributed by atoms with E-state index in [0.29, 0.717) is 0 Å². The topological polar surface area (TPSA) is 67.6 Å². The highest BCUT2D eigenvalue weighted by Gasteiger charge is 2.29. The van der Waals surface area contributed by atoms with Crippen molar-refractivity contribution in [2.45, 2.75) is 25.0 Å². The number of hydrogen-bond donors (Lipinski definition) is 2. The molecule has 1 aliphatic rings. The summed E-state index contributed by atoms with van der Waals surface area (Å²) in [7, 11) is 4.13. The average Bonchev–Trinajstić information content (AvgIpc) is 2.71. The zero-order valence-corrected chi connectivity index (χ0v) is 10.8. The van der Waals surface area contributed by atoms with Crippen molar-refractivity contribution < 1.29 is 9.53 Å². The fraction of sp³-hybridized carbons (Fsp3) is 0.900. The van der Waals surface area contributed by atoms with Gasteiger partial charge in [0.15, 0.2) is 0 Å². The van der Waals surface area contributed by atoms with Crippen molar-refractivity contribution in [2.75, 3.05) is 32.1 Å². The molecule has 6 heteroatoms. The Morgan fingerprint density at radius 1 is 1.56 bits per heavy atom. The Bertz CT molecular complexity index is 226. The second kappa shape index (κ2) is 7.11. The highest BCUT2D eigenvalue weighted by atomic mass is 32.2. The summed E-state index contributed by atoms with van der Waals surface area (Å²) in [4.78, 5) is 13.4. The summed E-state index contributed by atoms with van der Waals surface area (Å²) >= 11 is 1.87. The van der Waals surface area contributed by atoms with Gasteiger partial charge in [-0.3, -0.25) is 10.2 Å². The third-order valence-corrected chi connectivity index (χ3v) is 3.61. The minimum absolute atomic E-state index is 0.203. The summed E-state index contributed by atoms with van der Waals surface area (Å²) in [6.07, 6.45) is 1.59. The number of rotatable bonds is 6. The molecule has 2 atom stereocenters. The molecular formula is C10H21N3O2S. The first-order chi connectivity index (χ1) is 7.63. The summed E-state index contributed by atoms with van der Waals surface area (Å²) in [6, 6.07) is 0. The molecule has 1 amide bonds. The molecule has 0 aromatic rings. The van der Waals surface area contributed by atoms with Crippen LogP contribution in [0.5, 0.6) is 0 Å². The van der Waals surface area contributed by atoms with Crippen LogP contribution in [0, 0.1) is 0 Å². The lowest BCUT2D eigenvalue weighted by Crippen LogP contribution is -2.39. The van der Waals surface area contributed by atoms with Crippen molar-refractivity contribution in [1.29, 1.82) is 0 Å². The number of nitrogens with one attached hydrogen (secondary N) is 1. The van der Waals surface area contributed by atoms with E-state index in [1.807, 2.05) is 11.8 Å². The van der Waals surface area contributed by atoms with Crippen LogP contribution in [0.2, 0.25) is 0 Å². The molecule has 0 aliphatic carbocycles. The highest BCUT2D eigenvalue weighted by Crippen LogP contribution is 2.22. The zero-order chi connectivity index (χ0) is 12.0. The van der Waals surface area contributed by atoms with Crippen molar-refractivity contribution in [3.05, 3.63) is 0 Å². The standard InChI is InChI=1S/C10H21N3O2S/c1-13(2)5-6-16-7-8-3-4-9(15-8)10(14)12-11/h8-9H,3-7,11H2,1-2H3,(H,12,14). The van der Waals surface area contributed by atoms with E-state index in [-0.39, 0.29) is 18.1 Å². The molecule has 0 spiro atoms. The van der Waals surface area contributed by atoms with Gasteiger partial charge in [0.25, 0.3) is 5.91 Å². The van der Waals surface area contributed by atoms with Crippen molar-refractivity contribution in [2.24, 2.45) is 5.84 Å². The van der Waals surface area contributed by atoms with Crippen molar-refractivity contribution in [3.63, 3.8) is 0 Å². The first-order valence-electron chi connectivity index (χ1n) is 5.52. The number of carbonyl (C=O) groups excluding carboxylic acids is 1. The fourth-order valence-electron chi connectivity index (χ4n) is 1.58. The quantitative estimate of drug-likeness (QED) is 0.295. The largest absolute Gasteiger partial charge is 0.364 e. The van der Waals surface area contributed by atoms with E-state index in [1.165, 1.54) is 0 Å². The molecule has 0 bridgehead atoms. The van der Waals surface area contributed by atoms with Gasteiger partial charge in [0.2, 0.25) is 0 Å². The Morgan fingerprint density at radius 2 is 2.31 bits per heavy atom. The molecule has 1 saturated heterocycles. The van der Waals surface area contributed by atoms with E-state index < -0.39 is 0 Å². The molecule has 0 aromatic heterocycles. The average molecular weight is 247 g/mol. The van der Waals surface area contributed by atoms with E-state index in [2.05, 4.69) is 24.4 Å². The number of nitrogens with two attached hydrogens (primary N) is 1. The zero-order valence-electron chi connectivity index (χ0n) is 9.94. The number of amides is 1. The molecule has 94 valence electrons. The monoisotopic (exact) mass is 247 g/mol. The SMILES string of the molecule is CN(C)CCSCC1CCC(C(=O)NN)O1. The van der Waals surface area contributed by atoms with Gasteiger partial charge in [0.05, 0.1) is 6.10 Å². The smallest absolute Gasteiger partial charge is 0.263 e. The number of nitrogens with zero attached hydrogens (tertiary/aromatic N) is 1. The molecule has 3 N–H and O–H groups in total. The predicted molar refractivity (Wildman–Crippen MR) is 66.1 cm³/mol. The summed E-state index contributed by atoms with van der Waals surface area (Å²) in [6.45, 7) is 1.07. The number of carbonyl (C=O) groups is 1. The van der Waals surface area contributed by atoms with Gasteiger partial charge in [-0.2, -0.15) is 11.8 Å². The lowest BCUT2D eigenvalue weighted by Gasteiger charge is -2.13. The van der Waals surface area contributed by atoms with Crippen LogP contribution in [0.1, 0.15) is 12.8 Å². The van der Waals surface area contributed by atoms with Gasteiger partial charge >= 0.3 is 0 Å². The van der Waals surface area contributed by atoms with E-state index in [1.54, 1.807) is 0 Å². The highest BCUT2D eigenvalue weighted by molar-refractivity contribution is 7.99. The predicted octanol–water partition coefficient (Wildman–Crippen LogP) is -0.181. The normalized spacial score (nSPS) is 25.0. The van der Waals surface area contributed by atoms with Gasteiger partial charge in [0.1, 0.15) is 6.10 Å². The Morgan fingerprint density at radius 3 is 2.94 bits per heavy atom. The lowest BCUT2D eigenvalue weighted by molar-refractivity contribution is -0.131. The summed E-state index contributed by atoms with van der Waals surface area (Å²) in [5.41, 5.74) is 2.13. The Labute approximate surface area is 101 Å². The maximum absolute atomic E-state index is 11.2. The van der Waals surface area contributed by atoms with Gasteiger partial charge in [-0.1, -0.05) is 0 Å². The minimum atomic E-state index is -0.343. The van der Waals surface area contributed by atoms with E-state index in [4.69, 9.17) is 10.6 Å². The Balaban J connectivity index is 2.10. The van der Waals surface area contributed by atoms with Gasteiger partial charge in [-0.25, -0.2) is 5.84 Å². The van der Waals surface area contributed by atoms with Gasteiger partial charge < -0.3 is 9.64 Å². The summed E-state index contributed by atoms with van der Waals surface area (Å²) in [5.74, 6) is 6.91. The lowest BCUT2D eigenvalue weighted by atomic mass is 10.2. The van der Waals surface area contributed by atoms with Gasteiger partial charge in [-0.15, -0.1) is 0 Å². The van der Waals surface area contributed by atoms with Crippen LogP contribution in [0.4, 0.5) is 0 Å². The fourth-order valence-corrected chi connectivity index (χ4v) is 2.75. The van der Waals surface area contributed by atoms with Crippen molar-refractivity contribution >= 4 is 17.7 Å². The molecule has 1 rings (SSSR count). The summed E-state index contributed by atoms with van der Waals surface area (Å²) < 4.78 is 5.59. The van der Waals surface area contributed by atoms with Crippen molar-refractivity contribution in [1.82, 2.24) is 10.3 Å². The molecule has 1 fully saturated rings. The van der Waals surface area contributed by atoms with E-state index >= 15 is 0 Å². The van der Waals surface area contributed by atoms with Crippen LogP contribution >= 0.6 is 11.8 Å². The van der Waals surface area contributed by atoms with E-state index in [9.17, 15) is 4.79 Å². The van der Waals surface area contributed by atoms with Crippen LogP contribution in [-0.4, -0.2) is 55.2 Å². The maximum Gasteiger partial charge on any atom is 0.263 e. The van der Waals surface area contributed by atoms with Gasteiger partial charge in [0, 0.05) is 18.1 Å². The van der Waals surface area contributed by atoms with Crippen LogP contribution in [0.3, 0.4) is 0 Å². The molecular weight excluding hydrogens is 226 g/mol. The van der Waals surface area contributed by atoms with Crippen LogP contribution in [0.15, 0.2) is 0 Å². The first-order valence-corrected chi connectivity index (χ1v) is 6.67. The van der Waals surface area contributed by atoms with Gasteiger partial charge in [-0.05, 0) is 26.9 Å². The third-order valence-electron chi connectivity index (χ3n) is 2.53. The number of ether oxygens (including phenoxy) is 1. The van der Waals surface area contributed by atoms with Crippen LogP contribution in [-0.2, 0) is 9.53 Å². The summed E-state index contributed by atoms with van der Waals surface area (Å²) in [5, 5.41) is 0. The third kappa shape index (κ3) is 4.69. The number of thioether (sulfide) groups is 1. The minimum Gasteiger partial charge on any atom is -0.364 e. The molecule has 2 unspecified atom stereocenters. The molecule has 0 aromatic carbocycles. The maximum atomic E-state index is 11.2. The van der Waals surface area contributed by atoms with Crippen LogP contribution in [0.25, 0.3) is 0 Å². The molecule has 0 saturated carbocycles.